The number of anilines is 1. The Balaban J connectivity index is 1.35. The Hall–Kier alpha value is -2.60. The van der Waals surface area contributed by atoms with Crippen LogP contribution >= 0.6 is 0 Å². The monoisotopic (exact) mass is 339 g/mol. The van der Waals surface area contributed by atoms with Crippen molar-refractivity contribution in [2.75, 3.05) is 31.2 Å². The summed E-state index contributed by atoms with van der Waals surface area (Å²) in [4.78, 5) is 19.0. The van der Waals surface area contributed by atoms with Crippen LogP contribution in [-0.2, 0) is 22.5 Å². The first kappa shape index (κ1) is 15.9. The first-order valence-corrected chi connectivity index (χ1v) is 8.59. The number of pyridine rings is 1. The number of hydrogen-bond donors (Lipinski definition) is 1. The molecule has 0 aliphatic carbocycles. The number of amides is 1. The van der Waals surface area contributed by atoms with Gasteiger partial charge in [0.25, 0.3) is 5.91 Å². The molecule has 2 aliphatic rings. The van der Waals surface area contributed by atoms with Gasteiger partial charge in [0.15, 0.2) is 6.10 Å². The van der Waals surface area contributed by atoms with E-state index in [2.05, 4.69) is 15.2 Å². The highest BCUT2D eigenvalue weighted by molar-refractivity contribution is 5.82. The molecule has 25 heavy (non-hydrogen) atoms. The molecule has 0 saturated carbocycles. The summed E-state index contributed by atoms with van der Waals surface area (Å²) in [5.41, 5.74) is 2.11. The van der Waals surface area contributed by atoms with Gasteiger partial charge in [0.1, 0.15) is 11.6 Å². The topological polar surface area (TPSA) is 63.7 Å². The van der Waals surface area contributed by atoms with Gasteiger partial charge in [-0.1, -0.05) is 18.2 Å². The van der Waals surface area contributed by atoms with Gasteiger partial charge in [0, 0.05) is 32.3 Å². The SMILES string of the molecule is O=C(NCc1ccnc(N2CCOCC2)c1)[C@@H]1Cc2ccccc2O1. The number of ether oxygens (including phenoxy) is 2. The van der Waals surface area contributed by atoms with Crippen LogP contribution in [0.25, 0.3) is 0 Å². The Kier molecular flexibility index (Phi) is 4.52. The number of rotatable bonds is 4. The Morgan fingerprint density at radius 1 is 1.24 bits per heavy atom. The maximum atomic E-state index is 12.4. The van der Waals surface area contributed by atoms with Crippen LogP contribution in [0.4, 0.5) is 5.82 Å². The first-order valence-electron chi connectivity index (χ1n) is 8.59. The van der Waals surface area contributed by atoms with Crippen LogP contribution < -0.4 is 15.0 Å². The second kappa shape index (κ2) is 7.11. The molecule has 4 rings (SSSR count). The Bertz CT molecular complexity index is 734. The van der Waals surface area contributed by atoms with Crippen LogP contribution in [0.3, 0.4) is 0 Å². The Morgan fingerprint density at radius 3 is 2.92 bits per heavy atom. The van der Waals surface area contributed by atoms with Crippen molar-refractivity contribution in [2.45, 2.75) is 19.1 Å². The van der Waals surface area contributed by atoms with E-state index < -0.39 is 6.10 Å². The average Bonchev–Trinajstić information content (AvgIpc) is 3.11. The van der Waals surface area contributed by atoms with Crippen molar-refractivity contribution in [2.24, 2.45) is 0 Å². The van der Waals surface area contributed by atoms with Gasteiger partial charge in [-0.25, -0.2) is 4.98 Å². The standard InChI is InChI=1S/C19H21N3O3/c23-19(17-12-15-3-1-2-4-16(15)25-17)21-13-14-5-6-20-18(11-14)22-7-9-24-10-8-22/h1-6,11,17H,7-10,12-13H2,(H,21,23)/t17-/m0/s1. The summed E-state index contributed by atoms with van der Waals surface area (Å²) in [6.45, 7) is 3.60. The fraction of sp³-hybridized carbons (Fsp3) is 0.368. The molecule has 1 aromatic carbocycles. The first-order chi connectivity index (χ1) is 12.3. The van der Waals surface area contributed by atoms with Crippen LogP contribution in [0.15, 0.2) is 42.6 Å². The van der Waals surface area contributed by atoms with E-state index in [0.29, 0.717) is 13.0 Å². The van der Waals surface area contributed by atoms with Gasteiger partial charge in [-0.3, -0.25) is 4.79 Å². The van der Waals surface area contributed by atoms with E-state index in [4.69, 9.17) is 9.47 Å². The largest absolute Gasteiger partial charge is 0.480 e. The molecule has 130 valence electrons. The lowest BCUT2D eigenvalue weighted by Crippen LogP contribution is -2.37. The minimum absolute atomic E-state index is 0.0825. The fourth-order valence-electron chi connectivity index (χ4n) is 3.17. The van der Waals surface area contributed by atoms with Crippen molar-refractivity contribution in [3.05, 3.63) is 53.7 Å². The summed E-state index contributed by atoms with van der Waals surface area (Å²) in [5, 5.41) is 2.97. The lowest BCUT2D eigenvalue weighted by molar-refractivity contribution is -0.127. The van der Waals surface area contributed by atoms with E-state index in [1.807, 2.05) is 36.4 Å². The number of benzene rings is 1. The Labute approximate surface area is 146 Å². The molecule has 6 heteroatoms. The van der Waals surface area contributed by atoms with E-state index in [0.717, 1.165) is 49.0 Å². The third-order valence-electron chi connectivity index (χ3n) is 4.55. The van der Waals surface area contributed by atoms with Gasteiger partial charge >= 0.3 is 0 Å². The maximum Gasteiger partial charge on any atom is 0.261 e. The summed E-state index contributed by atoms with van der Waals surface area (Å²) in [6.07, 6.45) is 1.96. The van der Waals surface area contributed by atoms with Crippen molar-refractivity contribution >= 4 is 11.7 Å². The van der Waals surface area contributed by atoms with Crippen molar-refractivity contribution < 1.29 is 14.3 Å². The molecular formula is C19H21N3O3. The zero-order valence-corrected chi connectivity index (χ0v) is 14.0. The van der Waals surface area contributed by atoms with Gasteiger partial charge in [-0.05, 0) is 29.3 Å². The summed E-state index contributed by atoms with van der Waals surface area (Å²) < 4.78 is 11.1. The van der Waals surface area contributed by atoms with Gasteiger partial charge < -0.3 is 19.7 Å². The highest BCUT2D eigenvalue weighted by atomic mass is 16.5. The van der Waals surface area contributed by atoms with Crippen LogP contribution in [0.2, 0.25) is 0 Å². The zero-order chi connectivity index (χ0) is 17.1. The van der Waals surface area contributed by atoms with E-state index in [9.17, 15) is 4.79 Å². The second-order valence-corrected chi connectivity index (χ2v) is 6.26. The number of nitrogens with one attached hydrogen (secondary N) is 1. The molecule has 0 radical (unpaired) electrons. The Morgan fingerprint density at radius 2 is 2.08 bits per heavy atom. The molecular weight excluding hydrogens is 318 g/mol. The summed E-state index contributed by atoms with van der Waals surface area (Å²) in [5.74, 6) is 1.65. The van der Waals surface area contributed by atoms with Crippen LogP contribution in [-0.4, -0.2) is 43.3 Å². The minimum atomic E-state index is -0.446. The smallest absolute Gasteiger partial charge is 0.261 e. The molecule has 0 bridgehead atoms. The molecule has 0 spiro atoms. The van der Waals surface area contributed by atoms with Crippen LogP contribution in [0, 0.1) is 0 Å². The van der Waals surface area contributed by atoms with Gasteiger partial charge in [0.05, 0.1) is 13.2 Å². The molecule has 6 nitrogen and oxygen atoms in total. The van der Waals surface area contributed by atoms with Crippen LogP contribution in [0.1, 0.15) is 11.1 Å². The number of morpholine rings is 1. The number of fused-ring (bicyclic) bond motifs is 1. The lowest BCUT2D eigenvalue weighted by Gasteiger charge is -2.28. The minimum Gasteiger partial charge on any atom is -0.480 e. The van der Waals surface area contributed by atoms with Gasteiger partial charge in [0.2, 0.25) is 0 Å². The predicted molar refractivity (Wildman–Crippen MR) is 93.7 cm³/mol. The third kappa shape index (κ3) is 3.58. The van der Waals surface area contributed by atoms with E-state index >= 15 is 0 Å². The average molecular weight is 339 g/mol. The third-order valence-corrected chi connectivity index (χ3v) is 4.55. The number of carbonyl (C=O) groups is 1. The zero-order valence-electron chi connectivity index (χ0n) is 14.0. The van der Waals surface area contributed by atoms with Crippen molar-refractivity contribution in [3.63, 3.8) is 0 Å². The molecule has 0 unspecified atom stereocenters. The van der Waals surface area contributed by atoms with Crippen molar-refractivity contribution in [1.29, 1.82) is 0 Å². The van der Waals surface area contributed by atoms with E-state index in [-0.39, 0.29) is 5.91 Å². The van der Waals surface area contributed by atoms with E-state index in [1.54, 1.807) is 6.20 Å². The van der Waals surface area contributed by atoms with Crippen molar-refractivity contribution in [1.82, 2.24) is 10.3 Å². The lowest BCUT2D eigenvalue weighted by atomic mass is 10.1. The summed E-state index contributed by atoms with van der Waals surface area (Å²) in [7, 11) is 0. The second-order valence-electron chi connectivity index (χ2n) is 6.26. The molecule has 2 aromatic rings. The molecule has 1 N–H and O–H groups in total. The molecule has 1 aromatic heterocycles. The number of hydrogen-bond acceptors (Lipinski definition) is 5. The van der Waals surface area contributed by atoms with E-state index in [1.165, 1.54) is 0 Å². The number of para-hydroxylation sites is 1. The van der Waals surface area contributed by atoms with Crippen LogP contribution in [0.5, 0.6) is 5.75 Å². The predicted octanol–water partition coefficient (Wildman–Crippen LogP) is 1.54. The number of aromatic nitrogens is 1. The molecule has 2 aliphatic heterocycles. The summed E-state index contributed by atoms with van der Waals surface area (Å²) in [6, 6.07) is 11.7. The van der Waals surface area contributed by atoms with Gasteiger partial charge in [-0.15, -0.1) is 0 Å². The quantitative estimate of drug-likeness (QED) is 0.915. The summed E-state index contributed by atoms with van der Waals surface area (Å²) >= 11 is 0. The molecule has 1 saturated heterocycles. The highest BCUT2D eigenvalue weighted by Crippen LogP contribution is 2.28. The number of carbonyl (C=O) groups excluding carboxylic acids is 1. The van der Waals surface area contributed by atoms with Gasteiger partial charge in [-0.2, -0.15) is 0 Å². The normalized spacial score (nSPS) is 19.2. The number of nitrogens with zero attached hydrogens (tertiary/aromatic N) is 2. The molecule has 3 heterocycles. The molecule has 1 fully saturated rings. The molecule has 1 atom stereocenters. The molecule has 1 amide bonds. The van der Waals surface area contributed by atoms with Crippen molar-refractivity contribution in [3.8, 4) is 5.75 Å². The fourth-order valence-corrected chi connectivity index (χ4v) is 3.17. The highest BCUT2D eigenvalue weighted by Gasteiger charge is 2.28. The maximum absolute atomic E-state index is 12.4.